The molecule has 0 unspecified atom stereocenters. The third-order valence-corrected chi connectivity index (χ3v) is 3.39. The molecule has 3 aromatic rings. The van der Waals surface area contributed by atoms with Crippen LogP contribution >= 0.6 is 0 Å². The number of nitro benzene ring substituents is 1. The Morgan fingerprint density at radius 3 is 2.33 bits per heavy atom. The van der Waals surface area contributed by atoms with Crippen LogP contribution < -0.4 is 5.56 Å². The van der Waals surface area contributed by atoms with Crippen molar-refractivity contribution in [2.45, 2.75) is 6.18 Å². The minimum atomic E-state index is -4.47. The number of nitro groups is 1. The Balaban J connectivity index is 2.12. The predicted octanol–water partition coefficient (Wildman–Crippen LogP) is 3.52. The summed E-state index contributed by atoms with van der Waals surface area (Å²) in [5.41, 5.74) is -1.26. The van der Waals surface area contributed by atoms with Gasteiger partial charge in [-0.15, -0.1) is 0 Å². The van der Waals surface area contributed by atoms with Crippen molar-refractivity contribution in [1.82, 2.24) is 9.97 Å². The summed E-state index contributed by atoms with van der Waals surface area (Å²) in [6, 6.07) is 7.67. The first-order valence-corrected chi connectivity index (χ1v) is 6.62. The summed E-state index contributed by atoms with van der Waals surface area (Å²) in [4.78, 5) is 28.8. The van der Waals surface area contributed by atoms with Gasteiger partial charge in [-0.1, -0.05) is 12.1 Å². The normalized spacial score (nSPS) is 11.6. The summed E-state index contributed by atoms with van der Waals surface area (Å²) in [6.07, 6.45) is -4.47. The SMILES string of the molecule is O=c1[nH]c(-c2ccc(C(F)(F)F)cc2)nc2cc([N+](=O)[O-])ccc12. The molecule has 0 radical (unpaired) electrons. The van der Waals surface area contributed by atoms with Crippen LogP contribution in [0, 0.1) is 10.1 Å². The number of benzene rings is 2. The van der Waals surface area contributed by atoms with Crippen molar-refractivity contribution in [2.24, 2.45) is 0 Å². The monoisotopic (exact) mass is 335 g/mol. The van der Waals surface area contributed by atoms with E-state index in [4.69, 9.17) is 0 Å². The van der Waals surface area contributed by atoms with Crippen LogP contribution in [0.15, 0.2) is 47.3 Å². The highest BCUT2D eigenvalue weighted by molar-refractivity contribution is 5.81. The molecule has 24 heavy (non-hydrogen) atoms. The standard InChI is InChI=1S/C15H8F3N3O3/c16-15(17,18)9-3-1-8(2-4-9)13-19-12-7-10(21(23)24)5-6-11(12)14(22)20-13/h1-7H,(H,19,20,22). The lowest BCUT2D eigenvalue weighted by atomic mass is 10.1. The average molecular weight is 335 g/mol. The first-order chi connectivity index (χ1) is 11.3. The van der Waals surface area contributed by atoms with Crippen LogP contribution in [0.4, 0.5) is 18.9 Å². The molecular weight excluding hydrogens is 327 g/mol. The summed E-state index contributed by atoms with van der Waals surface area (Å²) >= 11 is 0. The van der Waals surface area contributed by atoms with E-state index < -0.39 is 22.2 Å². The van der Waals surface area contributed by atoms with Crippen LogP contribution in [0.3, 0.4) is 0 Å². The van der Waals surface area contributed by atoms with Crippen molar-refractivity contribution >= 4 is 16.6 Å². The summed E-state index contributed by atoms with van der Waals surface area (Å²) in [5.74, 6) is 0.0294. The van der Waals surface area contributed by atoms with Crippen molar-refractivity contribution in [3.8, 4) is 11.4 Å². The largest absolute Gasteiger partial charge is 0.416 e. The minimum Gasteiger partial charge on any atom is -0.306 e. The number of halogens is 3. The van der Waals surface area contributed by atoms with Gasteiger partial charge < -0.3 is 4.98 Å². The van der Waals surface area contributed by atoms with E-state index in [0.717, 1.165) is 18.2 Å². The molecule has 0 atom stereocenters. The number of hydrogen-bond acceptors (Lipinski definition) is 4. The molecule has 0 saturated heterocycles. The Labute approximate surface area is 131 Å². The van der Waals surface area contributed by atoms with E-state index in [9.17, 15) is 28.1 Å². The van der Waals surface area contributed by atoms with Crippen molar-refractivity contribution in [3.05, 3.63) is 68.5 Å². The second kappa shape index (κ2) is 5.44. The van der Waals surface area contributed by atoms with Crippen LogP contribution in [0.2, 0.25) is 0 Å². The third-order valence-electron chi connectivity index (χ3n) is 3.39. The molecule has 6 nitrogen and oxygen atoms in total. The van der Waals surface area contributed by atoms with E-state index >= 15 is 0 Å². The molecule has 1 N–H and O–H groups in total. The first kappa shape index (κ1) is 15.7. The highest BCUT2D eigenvalue weighted by atomic mass is 19.4. The molecular formula is C15H8F3N3O3. The van der Waals surface area contributed by atoms with Crippen molar-refractivity contribution in [2.75, 3.05) is 0 Å². The highest BCUT2D eigenvalue weighted by Crippen LogP contribution is 2.30. The van der Waals surface area contributed by atoms with Crippen molar-refractivity contribution in [1.29, 1.82) is 0 Å². The van der Waals surface area contributed by atoms with Gasteiger partial charge >= 0.3 is 6.18 Å². The van der Waals surface area contributed by atoms with Gasteiger partial charge in [0, 0.05) is 17.7 Å². The highest BCUT2D eigenvalue weighted by Gasteiger charge is 2.30. The molecule has 0 amide bonds. The van der Waals surface area contributed by atoms with E-state index in [1.807, 2.05) is 0 Å². The van der Waals surface area contributed by atoms with E-state index in [1.54, 1.807) is 0 Å². The van der Waals surface area contributed by atoms with Crippen molar-refractivity contribution < 1.29 is 18.1 Å². The number of hydrogen-bond donors (Lipinski definition) is 1. The number of rotatable bonds is 2. The molecule has 1 aromatic heterocycles. The Bertz CT molecular complexity index is 995. The molecule has 122 valence electrons. The Morgan fingerprint density at radius 2 is 1.75 bits per heavy atom. The molecule has 0 aliphatic heterocycles. The number of aromatic nitrogens is 2. The molecule has 0 fully saturated rings. The number of aromatic amines is 1. The first-order valence-electron chi connectivity index (χ1n) is 6.62. The fourth-order valence-electron chi connectivity index (χ4n) is 2.20. The molecule has 0 aliphatic rings. The van der Waals surface area contributed by atoms with Gasteiger partial charge in [-0.2, -0.15) is 13.2 Å². The summed E-state index contributed by atoms with van der Waals surface area (Å²) in [6.45, 7) is 0. The van der Waals surface area contributed by atoms with Gasteiger partial charge in [0.05, 0.1) is 21.4 Å². The van der Waals surface area contributed by atoms with E-state index in [0.29, 0.717) is 0 Å². The smallest absolute Gasteiger partial charge is 0.306 e. The maximum absolute atomic E-state index is 12.6. The lowest BCUT2D eigenvalue weighted by Gasteiger charge is -2.07. The van der Waals surface area contributed by atoms with Gasteiger partial charge in [-0.05, 0) is 18.2 Å². The molecule has 0 saturated carbocycles. The van der Waals surface area contributed by atoms with Gasteiger partial charge in [0.2, 0.25) is 0 Å². The maximum atomic E-state index is 12.6. The number of non-ortho nitro benzene ring substituents is 1. The Hall–Kier alpha value is -3.23. The molecule has 0 bridgehead atoms. The van der Waals surface area contributed by atoms with Crippen LogP contribution in [0.1, 0.15) is 5.56 Å². The summed E-state index contributed by atoms with van der Waals surface area (Å²) in [5, 5.41) is 11.0. The number of fused-ring (bicyclic) bond motifs is 1. The Kier molecular flexibility index (Phi) is 3.55. The fraction of sp³-hybridized carbons (Fsp3) is 0.0667. The lowest BCUT2D eigenvalue weighted by Crippen LogP contribution is -2.10. The molecule has 0 aliphatic carbocycles. The van der Waals surface area contributed by atoms with Gasteiger partial charge in [0.15, 0.2) is 0 Å². The Morgan fingerprint density at radius 1 is 1.08 bits per heavy atom. The second-order valence-electron chi connectivity index (χ2n) is 4.95. The van der Waals surface area contributed by atoms with E-state index in [1.165, 1.54) is 24.3 Å². The zero-order valence-electron chi connectivity index (χ0n) is 11.8. The third kappa shape index (κ3) is 2.83. The van der Waals surface area contributed by atoms with Crippen LogP contribution in [0.5, 0.6) is 0 Å². The molecule has 9 heteroatoms. The van der Waals surface area contributed by atoms with Gasteiger partial charge in [-0.25, -0.2) is 4.98 Å². The summed E-state index contributed by atoms with van der Waals surface area (Å²) < 4.78 is 37.7. The van der Waals surface area contributed by atoms with Crippen LogP contribution in [-0.2, 0) is 6.18 Å². The van der Waals surface area contributed by atoms with E-state index in [-0.39, 0.29) is 28.0 Å². The van der Waals surface area contributed by atoms with Gasteiger partial charge in [-0.3, -0.25) is 14.9 Å². The maximum Gasteiger partial charge on any atom is 0.416 e. The summed E-state index contributed by atoms with van der Waals surface area (Å²) in [7, 11) is 0. The molecule has 1 heterocycles. The quantitative estimate of drug-likeness (QED) is 0.573. The number of alkyl halides is 3. The topological polar surface area (TPSA) is 88.9 Å². The zero-order chi connectivity index (χ0) is 17.5. The molecule has 2 aromatic carbocycles. The second-order valence-corrected chi connectivity index (χ2v) is 4.95. The van der Waals surface area contributed by atoms with Crippen LogP contribution in [-0.4, -0.2) is 14.9 Å². The van der Waals surface area contributed by atoms with Crippen LogP contribution in [0.25, 0.3) is 22.3 Å². The number of H-pyrrole nitrogens is 1. The van der Waals surface area contributed by atoms with E-state index in [2.05, 4.69) is 9.97 Å². The average Bonchev–Trinajstić information content (AvgIpc) is 2.53. The van der Waals surface area contributed by atoms with Gasteiger partial charge in [0.25, 0.3) is 11.2 Å². The number of nitrogens with zero attached hydrogens (tertiary/aromatic N) is 2. The predicted molar refractivity (Wildman–Crippen MR) is 79.5 cm³/mol. The van der Waals surface area contributed by atoms with Crippen molar-refractivity contribution in [3.63, 3.8) is 0 Å². The number of nitrogens with one attached hydrogen (secondary N) is 1. The fourth-order valence-corrected chi connectivity index (χ4v) is 2.20. The van der Waals surface area contributed by atoms with Gasteiger partial charge in [0.1, 0.15) is 5.82 Å². The minimum absolute atomic E-state index is 0.0294. The molecule has 3 rings (SSSR count). The molecule has 0 spiro atoms. The zero-order valence-corrected chi connectivity index (χ0v) is 11.8. The lowest BCUT2D eigenvalue weighted by molar-refractivity contribution is -0.384.